The molecule has 3 aromatic rings. The highest BCUT2D eigenvalue weighted by Gasteiger charge is 2.14. The van der Waals surface area contributed by atoms with E-state index in [9.17, 15) is 0 Å². The lowest BCUT2D eigenvalue weighted by atomic mass is 10.0. The highest BCUT2D eigenvalue weighted by atomic mass is 16.5. The topological polar surface area (TPSA) is 53.9 Å². The number of hydrogen-bond donors (Lipinski definition) is 1. The maximum Gasteiger partial charge on any atom is 0.157 e. The number of aliphatic hydroxyl groups is 2. The molecule has 138 valence electrons. The average molecular weight is 361 g/mol. The molecule has 0 atom stereocenters. The second kappa shape index (κ2) is 8.75. The Labute approximate surface area is 160 Å². The summed E-state index contributed by atoms with van der Waals surface area (Å²) in [5.74, 6) is 0.836. The van der Waals surface area contributed by atoms with Crippen LogP contribution in [-0.2, 0) is 0 Å². The highest BCUT2D eigenvalue weighted by molar-refractivity contribution is 5.78. The molecule has 0 saturated carbocycles. The lowest BCUT2D eigenvalue weighted by molar-refractivity contribution is -0.0894. The summed E-state index contributed by atoms with van der Waals surface area (Å²) in [4.78, 5) is 2.44. The van der Waals surface area contributed by atoms with Crippen molar-refractivity contribution >= 4 is 5.82 Å². The third-order valence-corrected chi connectivity index (χ3v) is 4.82. The van der Waals surface area contributed by atoms with Crippen LogP contribution in [0.4, 0.5) is 5.82 Å². The Morgan fingerprint density at radius 3 is 2.22 bits per heavy atom. The van der Waals surface area contributed by atoms with Crippen molar-refractivity contribution < 1.29 is 4.74 Å². The molecule has 1 aliphatic rings. The fourth-order valence-electron chi connectivity index (χ4n) is 3.31. The van der Waals surface area contributed by atoms with Gasteiger partial charge in [-0.1, -0.05) is 60.7 Å². The maximum absolute atomic E-state index is 4.52. The zero-order chi connectivity index (χ0) is 18.3. The maximum atomic E-state index is 4.52. The number of morpholine rings is 1. The minimum atomic E-state index is 0.836. The molecule has 1 saturated heterocycles. The van der Waals surface area contributed by atoms with Gasteiger partial charge in [-0.05, 0) is 11.6 Å². The Balaban J connectivity index is 1.56. The number of nitrogens with zero attached hydrogens (tertiary/aromatic N) is 3. The van der Waals surface area contributed by atoms with Gasteiger partial charge in [-0.3, -0.25) is 4.90 Å². The molecule has 1 aliphatic heterocycles. The first-order chi connectivity index (χ1) is 13.4. The molecule has 2 aromatic carbocycles. The van der Waals surface area contributed by atoms with Gasteiger partial charge in [0, 0.05) is 24.2 Å². The van der Waals surface area contributed by atoms with E-state index in [1.165, 1.54) is 0 Å². The zero-order valence-electron chi connectivity index (χ0n) is 15.4. The van der Waals surface area contributed by atoms with Crippen molar-refractivity contribution in [2.75, 3.05) is 44.7 Å². The van der Waals surface area contributed by atoms with Crippen LogP contribution in [0.5, 0.6) is 0 Å². The molecule has 0 amide bonds. The molecule has 5 heteroatoms. The molecule has 4 rings (SSSR count). The Hall–Kier alpha value is -2.76. The fraction of sp³-hybridized carbons (Fsp3) is 0.273. The Kier molecular flexibility index (Phi) is 5.72. The van der Waals surface area contributed by atoms with Crippen LogP contribution < -0.4 is 5.32 Å². The van der Waals surface area contributed by atoms with E-state index in [2.05, 4.69) is 67.6 Å². The Morgan fingerprint density at radius 1 is 0.852 bits per heavy atom. The van der Waals surface area contributed by atoms with Crippen molar-refractivity contribution in [1.29, 1.82) is 0 Å². The first-order valence-corrected chi connectivity index (χ1v) is 9.48. The molecule has 0 radical (unpaired) electrons. The van der Waals surface area contributed by atoms with Crippen LogP contribution in [0, 0.1) is 0 Å². The summed E-state index contributed by atoms with van der Waals surface area (Å²) in [5, 5.41) is 12.5. The number of nitrogens with one attached hydrogen (secondary N) is 1. The van der Waals surface area contributed by atoms with E-state index in [1.54, 1.807) is 0 Å². The summed E-state index contributed by atoms with van der Waals surface area (Å²) in [7, 11) is 0. The van der Waals surface area contributed by atoms with E-state index >= 15 is 0 Å². The van der Waals surface area contributed by atoms with Gasteiger partial charge in [0.05, 0.1) is 18.8 Å². The highest BCUT2D eigenvalue weighted by Crippen LogP contribution is 2.29. The van der Waals surface area contributed by atoms with E-state index in [0.29, 0.717) is 0 Å². The predicted octanol–water partition coefficient (Wildman–Crippen LogP) is 3.07. The molecule has 2 N–H and O–H groups in total. The van der Waals surface area contributed by atoms with Crippen LogP contribution in [0.3, 0.4) is 0 Å². The predicted molar refractivity (Wildman–Crippen MR) is 110 cm³/mol. The van der Waals surface area contributed by atoms with E-state index in [4.69, 9.17) is 0 Å². The van der Waals surface area contributed by atoms with Gasteiger partial charge in [0.25, 0.3) is 0 Å². The van der Waals surface area contributed by atoms with E-state index in [0.717, 1.165) is 67.6 Å². The number of hydrogen-bond acceptors (Lipinski definition) is 4. The van der Waals surface area contributed by atoms with Crippen molar-refractivity contribution in [3.05, 3.63) is 66.7 Å². The smallest absolute Gasteiger partial charge is 0.157 e. The van der Waals surface area contributed by atoms with Crippen LogP contribution in [0.15, 0.2) is 66.7 Å². The van der Waals surface area contributed by atoms with Gasteiger partial charge >= 0.3 is 0 Å². The number of benzene rings is 2. The minimum Gasteiger partial charge on any atom is -0.432 e. The lowest BCUT2D eigenvalue weighted by Gasteiger charge is -2.24. The molecule has 27 heavy (non-hydrogen) atoms. The monoisotopic (exact) mass is 361 g/mol. The van der Waals surface area contributed by atoms with E-state index in [1.807, 2.05) is 24.3 Å². The summed E-state index contributed by atoms with van der Waals surface area (Å²) < 4.78 is 4.40. The molecule has 0 aliphatic carbocycles. The number of aromatic nitrogens is 2. The van der Waals surface area contributed by atoms with Crippen molar-refractivity contribution in [3.63, 3.8) is 0 Å². The second-order valence-electron chi connectivity index (χ2n) is 6.66. The third kappa shape index (κ3) is 4.51. The number of anilines is 1. The summed E-state index contributed by atoms with van der Waals surface area (Å²) in [6, 6.07) is 22.7. The summed E-state index contributed by atoms with van der Waals surface area (Å²) in [5.41, 5.74) is 4.19. The molecule has 0 bridgehead atoms. The fourth-order valence-corrected chi connectivity index (χ4v) is 3.31. The summed E-state index contributed by atoms with van der Waals surface area (Å²) in [6.45, 7) is 5.82. The van der Waals surface area contributed by atoms with Crippen molar-refractivity contribution in [2.45, 2.75) is 0 Å². The second-order valence-corrected chi connectivity index (χ2v) is 6.66. The van der Waals surface area contributed by atoms with Gasteiger partial charge in [-0.15, -0.1) is 10.2 Å². The minimum absolute atomic E-state index is 0.836. The lowest BCUT2D eigenvalue weighted by Crippen LogP contribution is -2.40. The summed E-state index contributed by atoms with van der Waals surface area (Å²) >= 11 is 0. The number of rotatable bonds is 6. The van der Waals surface area contributed by atoms with Crippen LogP contribution >= 0.6 is 0 Å². The largest absolute Gasteiger partial charge is 0.432 e. The van der Waals surface area contributed by atoms with Gasteiger partial charge in [0.2, 0.25) is 0 Å². The van der Waals surface area contributed by atoms with Crippen LogP contribution in [-0.4, -0.2) is 59.2 Å². The molecule has 5 nitrogen and oxygen atoms in total. The summed E-state index contributed by atoms with van der Waals surface area (Å²) in [6.07, 6.45) is 0. The molecule has 0 unspecified atom stereocenters. The Morgan fingerprint density at radius 2 is 1.52 bits per heavy atom. The first kappa shape index (κ1) is 17.6. The van der Waals surface area contributed by atoms with E-state index in [-0.39, 0.29) is 0 Å². The van der Waals surface area contributed by atoms with Gasteiger partial charge in [-0.25, -0.2) is 0 Å². The van der Waals surface area contributed by atoms with Crippen LogP contribution in [0.25, 0.3) is 22.4 Å². The quantitative estimate of drug-likeness (QED) is 0.686. The van der Waals surface area contributed by atoms with Gasteiger partial charge in [0.1, 0.15) is 0 Å². The third-order valence-electron chi connectivity index (χ3n) is 4.82. The van der Waals surface area contributed by atoms with Crippen LogP contribution in [0.1, 0.15) is 0 Å². The normalized spacial score (nSPS) is 14.8. The van der Waals surface area contributed by atoms with Crippen molar-refractivity contribution in [2.24, 2.45) is 0 Å². The van der Waals surface area contributed by atoms with Crippen LogP contribution in [0.2, 0.25) is 0 Å². The molecule has 1 fully saturated rings. The van der Waals surface area contributed by atoms with Gasteiger partial charge in [-0.2, -0.15) is 0 Å². The molecule has 2 heterocycles. The molecule has 0 spiro atoms. The zero-order valence-corrected chi connectivity index (χ0v) is 15.4. The van der Waals surface area contributed by atoms with E-state index < -0.39 is 0 Å². The van der Waals surface area contributed by atoms with Gasteiger partial charge in [0.15, 0.2) is 19.0 Å². The Bertz CT molecular complexity index is 849. The number of ether oxygens (including phenoxy) is 1. The SMILES string of the molecule is c1ccc(-c2cc(-c3ccccc3)c(NCCN3CC[OH+]CC3)nn2)cc1. The molecular formula is C22H25N4O+. The molecular weight excluding hydrogens is 336 g/mol. The van der Waals surface area contributed by atoms with Crippen molar-refractivity contribution in [1.82, 2.24) is 15.1 Å². The first-order valence-electron chi connectivity index (χ1n) is 9.48. The average Bonchev–Trinajstić information content (AvgIpc) is 2.76. The molecule has 1 aromatic heterocycles. The van der Waals surface area contributed by atoms with Crippen molar-refractivity contribution in [3.8, 4) is 22.4 Å². The van der Waals surface area contributed by atoms with Gasteiger partial charge < -0.3 is 10.1 Å². The standard InChI is InChI=1S/C22H24N4O/c1-3-7-18(8-4-1)20-17-21(19-9-5-2-6-10-19)24-25-22(20)23-11-12-26-13-15-27-16-14-26/h1-10,17H,11-16H2,(H,23,25)/p+1.